The van der Waals surface area contributed by atoms with Crippen molar-refractivity contribution in [3.05, 3.63) is 70.7 Å². The number of carbonyl (C=O) groups excluding carboxylic acids is 2. The highest BCUT2D eigenvalue weighted by molar-refractivity contribution is 6.30. The van der Waals surface area contributed by atoms with E-state index in [1.807, 2.05) is 49.4 Å². The SMILES string of the molecule is CCCCNC(=O)C(CC)N(Cc1ccccc1)C(=O)Cc1ccc(Cl)cc1. The van der Waals surface area contributed by atoms with Crippen LogP contribution < -0.4 is 5.32 Å². The van der Waals surface area contributed by atoms with Gasteiger partial charge < -0.3 is 10.2 Å². The summed E-state index contributed by atoms with van der Waals surface area (Å²) in [7, 11) is 0. The topological polar surface area (TPSA) is 49.4 Å². The van der Waals surface area contributed by atoms with E-state index in [0.29, 0.717) is 24.5 Å². The molecule has 0 fully saturated rings. The van der Waals surface area contributed by atoms with Crippen LogP contribution >= 0.6 is 11.6 Å². The van der Waals surface area contributed by atoms with Gasteiger partial charge in [0, 0.05) is 18.1 Å². The lowest BCUT2D eigenvalue weighted by molar-refractivity contribution is -0.140. The highest BCUT2D eigenvalue weighted by atomic mass is 35.5. The number of unbranched alkanes of at least 4 members (excludes halogenated alkanes) is 1. The van der Waals surface area contributed by atoms with Crippen molar-refractivity contribution in [3.8, 4) is 0 Å². The van der Waals surface area contributed by atoms with Crippen LogP contribution in [0.25, 0.3) is 0 Å². The van der Waals surface area contributed by atoms with Crippen LogP contribution in [0.1, 0.15) is 44.2 Å². The molecule has 0 bridgehead atoms. The highest BCUT2D eigenvalue weighted by Crippen LogP contribution is 2.16. The smallest absolute Gasteiger partial charge is 0.242 e. The van der Waals surface area contributed by atoms with Gasteiger partial charge in [-0.15, -0.1) is 0 Å². The van der Waals surface area contributed by atoms with Gasteiger partial charge in [-0.3, -0.25) is 9.59 Å². The molecule has 0 radical (unpaired) electrons. The largest absolute Gasteiger partial charge is 0.354 e. The van der Waals surface area contributed by atoms with Gasteiger partial charge in [-0.1, -0.05) is 74.3 Å². The normalized spacial score (nSPS) is 11.7. The summed E-state index contributed by atoms with van der Waals surface area (Å²) in [5, 5.41) is 3.61. The van der Waals surface area contributed by atoms with Crippen molar-refractivity contribution in [1.82, 2.24) is 10.2 Å². The molecule has 1 unspecified atom stereocenters. The van der Waals surface area contributed by atoms with E-state index in [-0.39, 0.29) is 18.2 Å². The average Bonchev–Trinajstić information content (AvgIpc) is 2.70. The van der Waals surface area contributed by atoms with Crippen LogP contribution in [0.3, 0.4) is 0 Å². The van der Waals surface area contributed by atoms with Crippen molar-refractivity contribution < 1.29 is 9.59 Å². The quantitative estimate of drug-likeness (QED) is 0.592. The Hall–Kier alpha value is -2.33. The Morgan fingerprint density at radius 1 is 1.00 bits per heavy atom. The first-order valence-electron chi connectivity index (χ1n) is 9.90. The lowest BCUT2D eigenvalue weighted by Crippen LogP contribution is -2.49. The third-order valence-corrected chi connectivity index (χ3v) is 4.93. The second-order valence-corrected chi connectivity index (χ2v) is 7.32. The van der Waals surface area contributed by atoms with Crippen LogP contribution in [0.5, 0.6) is 0 Å². The number of hydrogen-bond donors (Lipinski definition) is 1. The molecule has 2 aromatic carbocycles. The fraction of sp³-hybridized carbons (Fsp3) is 0.391. The maximum Gasteiger partial charge on any atom is 0.242 e. The molecule has 2 aromatic rings. The maximum atomic E-state index is 13.1. The van der Waals surface area contributed by atoms with E-state index in [1.54, 1.807) is 17.0 Å². The molecule has 0 aromatic heterocycles. The van der Waals surface area contributed by atoms with E-state index < -0.39 is 6.04 Å². The summed E-state index contributed by atoms with van der Waals surface area (Å²) in [4.78, 5) is 27.6. The van der Waals surface area contributed by atoms with Gasteiger partial charge in [0.1, 0.15) is 6.04 Å². The number of halogens is 1. The molecule has 0 saturated carbocycles. The minimum Gasteiger partial charge on any atom is -0.354 e. The molecule has 0 spiro atoms. The minimum absolute atomic E-state index is 0.0660. The van der Waals surface area contributed by atoms with Crippen molar-refractivity contribution in [1.29, 1.82) is 0 Å². The second-order valence-electron chi connectivity index (χ2n) is 6.88. The van der Waals surface area contributed by atoms with E-state index in [2.05, 4.69) is 12.2 Å². The van der Waals surface area contributed by atoms with Crippen LogP contribution in [0.2, 0.25) is 5.02 Å². The van der Waals surface area contributed by atoms with E-state index in [0.717, 1.165) is 24.0 Å². The molecule has 2 amide bonds. The third kappa shape index (κ3) is 6.68. The van der Waals surface area contributed by atoms with Gasteiger partial charge in [-0.2, -0.15) is 0 Å². The number of benzene rings is 2. The fourth-order valence-electron chi connectivity index (χ4n) is 3.08. The molecule has 5 heteroatoms. The van der Waals surface area contributed by atoms with Gasteiger partial charge in [0.15, 0.2) is 0 Å². The van der Waals surface area contributed by atoms with Crippen molar-refractivity contribution in [2.45, 2.75) is 52.1 Å². The zero-order chi connectivity index (χ0) is 20.4. The summed E-state index contributed by atoms with van der Waals surface area (Å²) in [6.45, 7) is 5.07. The number of nitrogens with zero attached hydrogens (tertiary/aromatic N) is 1. The number of amides is 2. The summed E-state index contributed by atoms with van der Waals surface area (Å²) >= 11 is 5.94. The summed E-state index contributed by atoms with van der Waals surface area (Å²) in [5.74, 6) is -0.153. The molecule has 150 valence electrons. The Morgan fingerprint density at radius 3 is 2.29 bits per heavy atom. The van der Waals surface area contributed by atoms with Crippen molar-refractivity contribution >= 4 is 23.4 Å². The molecule has 1 atom stereocenters. The minimum atomic E-state index is -0.489. The molecule has 0 aliphatic rings. The van der Waals surface area contributed by atoms with E-state index in [1.165, 1.54) is 0 Å². The molecule has 4 nitrogen and oxygen atoms in total. The summed E-state index contributed by atoms with van der Waals surface area (Å²) in [5.41, 5.74) is 1.89. The Bertz CT molecular complexity index is 747. The van der Waals surface area contributed by atoms with Crippen molar-refractivity contribution in [2.24, 2.45) is 0 Å². The highest BCUT2D eigenvalue weighted by Gasteiger charge is 2.28. The van der Waals surface area contributed by atoms with E-state index in [4.69, 9.17) is 11.6 Å². The zero-order valence-electron chi connectivity index (χ0n) is 16.7. The Morgan fingerprint density at radius 2 is 1.68 bits per heavy atom. The summed E-state index contributed by atoms with van der Waals surface area (Å²) in [6, 6.07) is 16.6. The van der Waals surface area contributed by atoms with Gasteiger partial charge in [-0.05, 0) is 36.1 Å². The molecule has 0 heterocycles. The first-order valence-corrected chi connectivity index (χ1v) is 10.3. The number of rotatable bonds is 10. The van der Waals surface area contributed by atoms with Crippen LogP contribution in [0, 0.1) is 0 Å². The molecule has 28 heavy (non-hydrogen) atoms. The molecule has 0 saturated heterocycles. The number of nitrogens with one attached hydrogen (secondary N) is 1. The van der Waals surface area contributed by atoms with E-state index >= 15 is 0 Å². The zero-order valence-corrected chi connectivity index (χ0v) is 17.4. The maximum absolute atomic E-state index is 13.1. The van der Waals surface area contributed by atoms with Crippen LogP contribution in [0.15, 0.2) is 54.6 Å². The molecule has 0 aliphatic heterocycles. The first-order chi connectivity index (χ1) is 13.5. The Kier molecular flexibility index (Phi) is 9.02. The fourth-order valence-corrected chi connectivity index (χ4v) is 3.21. The van der Waals surface area contributed by atoms with Gasteiger partial charge in [-0.25, -0.2) is 0 Å². The average molecular weight is 401 g/mol. The lowest BCUT2D eigenvalue weighted by atomic mass is 10.1. The number of hydrogen-bond acceptors (Lipinski definition) is 2. The van der Waals surface area contributed by atoms with Gasteiger partial charge >= 0.3 is 0 Å². The Labute approximate surface area is 172 Å². The summed E-state index contributed by atoms with van der Waals surface area (Å²) < 4.78 is 0. The summed E-state index contributed by atoms with van der Waals surface area (Å²) in [6.07, 6.45) is 2.75. The molecule has 1 N–H and O–H groups in total. The van der Waals surface area contributed by atoms with Crippen molar-refractivity contribution in [2.75, 3.05) is 6.54 Å². The monoisotopic (exact) mass is 400 g/mol. The van der Waals surface area contributed by atoms with Gasteiger partial charge in [0.2, 0.25) is 11.8 Å². The standard InChI is InChI=1S/C23H29ClN2O2/c1-3-5-15-25-23(28)21(4-2)26(17-19-9-7-6-8-10-19)22(27)16-18-11-13-20(24)14-12-18/h6-14,21H,3-5,15-17H2,1-2H3,(H,25,28). The van der Waals surface area contributed by atoms with Gasteiger partial charge in [0.25, 0.3) is 0 Å². The number of carbonyl (C=O) groups is 2. The molecule has 0 aliphatic carbocycles. The second kappa shape index (κ2) is 11.5. The van der Waals surface area contributed by atoms with Crippen LogP contribution in [0.4, 0.5) is 0 Å². The molecule has 2 rings (SSSR count). The molecular weight excluding hydrogens is 372 g/mol. The van der Waals surface area contributed by atoms with E-state index in [9.17, 15) is 9.59 Å². The van der Waals surface area contributed by atoms with Crippen LogP contribution in [-0.2, 0) is 22.6 Å². The predicted molar refractivity (Wildman–Crippen MR) is 114 cm³/mol. The molecular formula is C23H29ClN2O2. The third-order valence-electron chi connectivity index (χ3n) is 4.68. The Balaban J connectivity index is 2.19. The van der Waals surface area contributed by atoms with Crippen molar-refractivity contribution in [3.63, 3.8) is 0 Å². The van der Waals surface area contributed by atoms with Crippen LogP contribution in [-0.4, -0.2) is 29.3 Å². The lowest BCUT2D eigenvalue weighted by Gasteiger charge is -2.31. The van der Waals surface area contributed by atoms with Gasteiger partial charge in [0.05, 0.1) is 6.42 Å². The predicted octanol–water partition coefficient (Wildman–Crippen LogP) is 4.61. The first kappa shape index (κ1) is 22.0.